The van der Waals surface area contributed by atoms with E-state index in [4.69, 9.17) is 23.2 Å². The number of rotatable bonds is 3. The monoisotopic (exact) mass is 244 g/mol. The van der Waals surface area contributed by atoms with Crippen molar-refractivity contribution in [2.45, 2.75) is 0 Å². The predicted octanol–water partition coefficient (Wildman–Crippen LogP) is 2.65. The predicted molar refractivity (Wildman–Crippen MR) is 61.4 cm³/mol. The minimum atomic E-state index is -0.276. The molecule has 0 aliphatic heterocycles. The molecule has 0 unspecified atom stereocenters. The van der Waals surface area contributed by atoms with Gasteiger partial charge in [-0.25, -0.2) is 4.98 Å². The summed E-state index contributed by atoms with van der Waals surface area (Å²) in [4.78, 5) is 17.1. The van der Waals surface area contributed by atoms with Crippen molar-refractivity contribution in [3.05, 3.63) is 40.7 Å². The molecule has 0 aromatic carbocycles. The van der Waals surface area contributed by atoms with Gasteiger partial charge in [0.15, 0.2) is 0 Å². The van der Waals surface area contributed by atoms with E-state index in [1.165, 1.54) is 11.0 Å². The van der Waals surface area contributed by atoms with Gasteiger partial charge in [-0.15, -0.1) is 6.58 Å². The normalized spacial score (nSPS) is 9.80. The molecule has 0 spiro atoms. The molecule has 1 amide bonds. The first-order valence-electron chi connectivity index (χ1n) is 4.24. The van der Waals surface area contributed by atoms with E-state index in [2.05, 4.69) is 11.6 Å². The molecular formula is C10H10Cl2N2O. The first-order valence-corrected chi connectivity index (χ1v) is 5.00. The van der Waals surface area contributed by atoms with Gasteiger partial charge in [-0.2, -0.15) is 0 Å². The molecule has 0 aliphatic rings. The number of hydrogen-bond donors (Lipinski definition) is 0. The van der Waals surface area contributed by atoms with Crippen LogP contribution in [-0.4, -0.2) is 29.4 Å². The van der Waals surface area contributed by atoms with Crippen LogP contribution in [0.15, 0.2) is 24.8 Å². The Morgan fingerprint density at radius 2 is 2.27 bits per heavy atom. The summed E-state index contributed by atoms with van der Waals surface area (Å²) in [7, 11) is 1.64. The standard InChI is InChI=1S/C10H10Cl2N2O/c1-3-6-14(2)10(15)9-7(11)4-5-8(12)13-9/h3-5H,1,6H2,2H3. The van der Waals surface area contributed by atoms with Crippen molar-refractivity contribution in [2.75, 3.05) is 13.6 Å². The Balaban J connectivity index is 2.99. The van der Waals surface area contributed by atoms with Crippen molar-refractivity contribution in [3.63, 3.8) is 0 Å². The second-order valence-corrected chi connectivity index (χ2v) is 3.73. The number of carbonyl (C=O) groups excluding carboxylic acids is 1. The third-order valence-electron chi connectivity index (χ3n) is 1.76. The molecule has 0 atom stereocenters. The average Bonchev–Trinajstić information content (AvgIpc) is 2.21. The average molecular weight is 245 g/mol. The summed E-state index contributed by atoms with van der Waals surface area (Å²) in [5, 5.41) is 0.537. The molecule has 1 aromatic heterocycles. The highest BCUT2D eigenvalue weighted by Gasteiger charge is 2.16. The maximum absolute atomic E-state index is 11.8. The summed E-state index contributed by atoms with van der Waals surface area (Å²) in [6.07, 6.45) is 1.62. The molecule has 3 nitrogen and oxygen atoms in total. The number of likely N-dealkylation sites (N-methyl/N-ethyl adjacent to an activating group) is 1. The van der Waals surface area contributed by atoms with Crippen LogP contribution in [0.5, 0.6) is 0 Å². The molecular weight excluding hydrogens is 235 g/mol. The van der Waals surface area contributed by atoms with E-state index in [0.717, 1.165) is 0 Å². The van der Waals surface area contributed by atoms with E-state index in [9.17, 15) is 4.79 Å². The molecule has 15 heavy (non-hydrogen) atoms. The summed E-state index contributed by atoms with van der Waals surface area (Å²) < 4.78 is 0. The SMILES string of the molecule is C=CCN(C)C(=O)c1nc(Cl)ccc1Cl. The Morgan fingerprint density at radius 1 is 1.60 bits per heavy atom. The maximum atomic E-state index is 11.8. The molecule has 5 heteroatoms. The van der Waals surface area contributed by atoms with Crippen molar-refractivity contribution in [1.82, 2.24) is 9.88 Å². The number of hydrogen-bond acceptors (Lipinski definition) is 2. The minimum Gasteiger partial charge on any atom is -0.337 e. The summed E-state index contributed by atoms with van der Waals surface area (Å²) in [5.74, 6) is -0.276. The Bertz CT molecular complexity index is 393. The van der Waals surface area contributed by atoms with Crippen molar-refractivity contribution < 1.29 is 4.79 Å². The lowest BCUT2D eigenvalue weighted by Gasteiger charge is -2.14. The number of pyridine rings is 1. The van der Waals surface area contributed by atoms with Gasteiger partial charge in [0.25, 0.3) is 5.91 Å². The van der Waals surface area contributed by atoms with Crippen LogP contribution in [0.25, 0.3) is 0 Å². The topological polar surface area (TPSA) is 33.2 Å². The number of aromatic nitrogens is 1. The van der Waals surface area contributed by atoms with Gasteiger partial charge in [-0.3, -0.25) is 4.79 Å². The smallest absolute Gasteiger partial charge is 0.274 e. The van der Waals surface area contributed by atoms with Crippen LogP contribution < -0.4 is 0 Å². The van der Waals surface area contributed by atoms with Crippen LogP contribution in [0, 0.1) is 0 Å². The Labute approximate surface area is 98.3 Å². The molecule has 1 heterocycles. The molecule has 0 bridgehead atoms. The summed E-state index contributed by atoms with van der Waals surface area (Å²) in [6.45, 7) is 3.98. The molecule has 0 fully saturated rings. The van der Waals surface area contributed by atoms with Crippen LogP contribution >= 0.6 is 23.2 Å². The number of carbonyl (C=O) groups is 1. The lowest BCUT2D eigenvalue weighted by Crippen LogP contribution is -2.27. The van der Waals surface area contributed by atoms with Crippen molar-refractivity contribution in [2.24, 2.45) is 0 Å². The Hall–Kier alpha value is -1.06. The molecule has 0 saturated heterocycles. The number of halogens is 2. The van der Waals surface area contributed by atoms with Crippen molar-refractivity contribution in [3.8, 4) is 0 Å². The minimum absolute atomic E-state index is 0.161. The zero-order chi connectivity index (χ0) is 11.4. The lowest BCUT2D eigenvalue weighted by molar-refractivity contribution is 0.0804. The molecule has 80 valence electrons. The third-order valence-corrected chi connectivity index (χ3v) is 2.28. The third kappa shape index (κ3) is 2.94. The zero-order valence-corrected chi connectivity index (χ0v) is 9.72. The van der Waals surface area contributed by atoms with Gasteiger partial charge in [0.05, 0.1) is 5.02 Å². The van der Waals surface area contributed by atoms with E-state index in [0.29, 0.717) is 11.6 Å². The van der Waals surface area contributed by atoms with E-state index in [1.54, 1.807) is 19.2 Å². The second-order valence-electron chi connectivity index (χ2n) is 2.94. The summed E-state index contributed by atoms with van der Waals surface area (Å²) in [6, 6.07) is 3.08. The summed E-state index contributed by atoms with van der Waals surface area (Å²) in [5.41, 5.74) is 0.161. The van der Waals surface area contributed by atoms with Gasteiger partial charge in [0.1, 0.15) is 10.8 Å². The fourth-order valence-corrected chi connectivity index (χ4v) is 1.36. The number of amides is 1. The van der Waals surface area contributed by atoms with Gasteiger partial charge in [0.2, 0.25) is 0 Å². The molecule has 0 saturated carbocycles. The highest BCUT2D eigenvalue weighted by atomic mass is 35.5. The van der Waals surface area contributed by atoms with Gasteiger partial charge >= 0.3 is 0 Å². The largest absolute Gasteiger partial charge is 0.337 e. The van der Waals surface area contributed by atoms with Crippen LogP contribution in [0.3, 0.4) is 0 Å². The van der Waals surface area contributed by atoms with Crippen molar-refractivity contribution in [1.29, 1.82) is 0 Å². The number of nitrogens with zero attached hydrogens (tertiary/aromatic N) is 2. The fourth-order valence-electron chi connectivity index (χ4n) is 1.03. The van der Waals surface area contributed by atoms with E-state index < -0.39 is 0 Å². The van der Waals surface area contributed by atoms with E-state index in [1.807, 2.05) is 0 Å². The Kier molecular flexibility index (Phi) is 4.12. The second kappa shape index (κ2) is 5.14. The first kappa shape index (κ1) is 12.0. The van der Waals surface area contributed by atoms with Gasteiger partial charge < -0.3 is 4.90 Å². The van der Waals surface area contributed by atoms with Crippen molar-refractivity contribution >= 4 is 29.1 Å². The summed E-state index contributed by atoms with van der Waals surface area (Å²) >= 11 is 11.5. The lowest BCUT2D eigenvalue weighted by atomic mass is 10.3. The molecule has 0 radical (unpaired) electrons. The molecule has 1 aromatic rings. The maximum Gasteiger partial charge on any atom is 0.274 e. The quantitative estimate of drug-likeness (QED) is 0.605. The van der Waals surface area contributed by atoms with Crippen LogP contribution in [0.2, 0.25) is 10.2 Å². The van der Waals surface area contributed by atoms with Gasteiger partial charge in [-0.05, 0) is 12.1 Å². The van der Waals surface area contributed by atoms with Crippen LogP contribution in [-0.2, 0) is 0 Å². The van der Waals surface area contributed by atoms with E-state index >= 15 is 0 Å². The highest BCUT2D eigenvalue weighted by Crippen LogP contribution is 2.17. The van der Waals surface area contributed by atoms with Gasteiger partial charge in [0, 0.05) is 13.6 Å². The highest BCUT2D eigenvalue weighted by molar-refractivity contribution is 6.34. The van der Waals surface area contributed by atoms with Gasteiger partial charge in [-0.1, -0.05) is 29.3 Å². The fraction of sp³-hybridized carbons (Fsp3) is 0.200. The molecule has 0 N–H and O–H groups in total. The molecule has 1 rings (SSSR count). The van der Waals surface area contributed by atoms with Crippen LogP contribution in [0.4, 0.5) is 0 Å². The van der Waals surface area contributed by atoms with Crippen LogP contribution in [0.1, 0.15) is 10.5 Å². The Morgan fingerprint density at radius 3 is 2.87 bits per heavy atom. The van der Waals surface area contributed by atoms with E-state index in [-0.39, 0.29) is 16.8 Å². The first-order chi connectivity index (χ1) is 7.06. The molecule has 0 aliphatic carbocycles. The zero-order valence-electron chi connectivity index (χ0n) is 8.20.